The zero-order valence-electron chi connectivity index (χ0n) is 23.9. The molecule has 232 valence electrons. The van der Waals surface area contributed by atoms with Crippen LogP contribution >= 0.6 is 38.9 Å². The molecule has 5 atom stereocenters. The summed E-state index contributed by atoms with van der Waals surface area (Å²) in [6.45, 7) is 1.96. The average molecular weight is 697 g/mol. The predicted molar refractivity (Wildman–Crippen MR) is 167 cm³/mol. The average Bonchev–Trinajstić information content (AvgIpc) is 3.32. The van der Waals surface area contributed by atoms with Crippen molar-refractivity contribution in [3.63, 3.8) is 0 Å². The molecule has 2 fully saturated rings. The van der Waals surface area contributed by atoms with E-state index >= 15 is 0 Å². The summed E-state index contributed by atoms with van der Waals surface area (Å²) in [5.74, 6) is -1.70. The Bertz CT molecular complexity index is 1440. The molecule has 2 aliphatic rings. The molecule has 2 heterocycles. The number of rotatable bonds is 11. The van der Waals surface area contributed by atoms with Gasteiger partial charge in [-0.25, -0.2) is 0 Å². The second-order valence-corrected chi connectivity index (χ2v) is 13.8. The van der Waals surface area contributed by atoms with Gasteiger partial charge in [-0.2, -0.15) is 0 Å². The maximum Gasteiger partial charge on any atom is 0.287 e. The van der Waals surface area contributed by atoms with Crippen molar-refractivity contribution in [2.45, 2.75) is 70.5 Å². The quantitative estimate of drug-likeness (QED) is 0.264. The van der Waals surface area contributed by atoms with Crippen molar-refractivity contribution in [1.82, 2.24) is 20.5 Å². The number of hydrogen-bond acceptors (Lipinski definition) is 7. The van der Waals surface area contributed by atoms with Crippen LogP contribution in [0.2, 0.25) is 4.34 Å². The monoisotopic (exact) mass is 695 g/mol. The van der Waals surface area contributed by atoms with E-state index in [0.717, 1.165) is 36.5 Å². The van der Waals surface area contributed by atoms with Gasteiger partial charge in [0.2, 0.25) is 17.6 Å². The van der Waals surface area contributed by atoms with Crippen LogP contribution < -0.4 is 26.8 Å². The van der Waals surface area contributed by atoms with Crippen LogP contribution in [0.25, 0.3) is 0 Å². The maximum atomic E-state index is 13.3. The van der Waals surface area contributed by atoms with Gasteiger partial charge in [0.15, 0.2) is 0 Å². The van der Waals surface area contributed by atoms with Gasteiger partial charge in [-0.3, -0.25) is 28.8 Å². The Morgan fingerprint density at radius 2 is 1.95 bits per heavy atom. The highest BCUT2D eigenvalue weighted by Gasteiger charge is 2.38. The number of Topliss-reactive ketones (excluding diaryl/α,β-unsaturated/α-hetero) is 1. The summed E-state index contributed by atoms with van der Waals surface area (Å²) < 4.78 is 2.07. The molecule has 2 aliphatic carbocycles. The molecule has 2 saturated carbocycles. The number of carbonyl (C=O) groups is 5. The first kappa shape index (κ1) is 32.9. The molecule has 0 spiro atoms. The number of thiophene rings is 1. The molecule has 2 bridgehead atoms. The summed E-state index contributed by atoms with van der Waals surface area (Å²) in [7, 11) is 1.31. The summed E-state index contributed by atoms with van der Waals surface area (Å²) in [6.07, 6.45) is 6.68. The van der Waals surface area contributed by atoms with Crippen molar-refractivity contribution in [3.05, 3.63) is 48.4 Å². The van der Waals surface area contributed by atoms with Crippen molar-refractivity contribution in [1.29, 1.82) is 0 Å². The second kappa shape index (κ2) is 14.6. The second-order valence-electron chi connectivity index (χ2n) is 11.2. The Balaban J connectivity index is 1.44. The lowest BCUT2D eigenvalue weighted by atomic mass is 9.65. The Morgan fingerprint density at radius 3 is 2.65 bits per heavy atom. The number of nitrogens with one attached hydrogen (secondary N) is 4. The van der Waals surface area contributed by atoms with E-state index in [-0.39, 0.29) is 41.9 Å². The Hall–Kier alpha value is -3.03. The normalized spacial score (nSPS) is 21.8. The minimum absolute atomic E-state index is 0.0726. The Morgan fingerprint density at radius 1 is 1.19 bits per heavy atom. The van der Waals surface area contributed by atoms with Crippen LogP contribution in [-0.4, -0.2) is 53.1 Å². The van der Waals surface area contributed by atoms with Gasteiger partial charge in [-0.05, 0) is 77.6 Å². The topological polar surface area (TPSA) is 155 Å². The molecule has 2 aromatic heterocycles. The van der Waals surface area contributed by atoms with Crippen LogP contribution in [0.1, 0.15) is 61.5 Å². The summed E-state index contributed by atoms with van der Waals surface area (Å²) >= 11 is 10.3. The van der Waals surface area contributed by atoms with Gasteiger partial charge in [-0.15, -0.1) is 11.3 Å². The van der Waals surface area contributed by atoms with Crippen molar-refractivity contribution >= 4 is 74.0 Å². The Labute approximate surface area is 266 Å². The largest absolute Gasteiger partial charge is 0.353 e. The lowest BCUT2D eigenvalue weighted by Gasteiger charge is -2.44. The molecule has 4 N–H and O–H groups in total. The van der Waals surface area contributed by atoms with E-state index in [2.05, 4.69) is 44.1 Å². The molecule has 43 heavy (non-hydrogen) atoms. The van der Waals surface area contributed by atoms with Gasteiger partial charge >= 0.3 is 0 Å². The standard InChI is InChI=1S/C29H35BrClN5O6S/c1-15-11-16-5-3-6-17(12-16)24(15)35-23(38)14-36-10-4-7-20(29(36)42)34-26(39)19(8-9-21(37)27(40)32-2)33-28(41)22-13-18(30)25(31)43-22/h4,7,10,13,15-17,19,24H,3,5-6,8-9,11-12,14H2,1-2H3,(H,32,40)(H,33,41)(H,34,39)(H,35,38). The molecule has 4 rings (SSSR count). The number of hydrogen-bond donors (Lipinski definition) is 4. The number of amides is 4. The molecule has 5 unspecified atom stereocenters. The van der Waals surface area contributed by atoms with Gasteiger partial charge in [-0.1, -0.05) is 31.4 Å². The van der Waals surface area contributed by atoms with Crippen LogP contribution in [0.4, 0.5) is 5.69 Å². The van der Waals surface area contributed by atoms with E-state index in [4.69, 9.17) is 11.6 Å². The fourth-order valence-electron chi connectivity index (χ4n) is 6.12. The van der Waals surface area contributed by atoms with Crippen LogP contribution in [-0.2, 0) is 25.7 Å². The maximum absolute atomic E-state index is 13.3. The van der Waals surface area contributed by atoms with Crippen molar-refractivity contribution in [3.8, 4) is 0 Å². The van der Waals surface area contributed by atoms with E-state index < -0.39 is 35.1 Å². The van der Waals surface area contributed by atoms with Crippen LogP contribution in [0.3, 0.4) is 0 Å². The SMILES string of the molecule is CNC(=O)C(=O)CCC(NC(=O)c1cc(Br)c(Cl)s1)C(=O)Nc1cccn(CC(=O)NC2C(C)CC3CCCC2C3)c1=O. The zero-order chi connectivity index (χ0) is 31.3. The molecular formula is C29H35BrClN5O6S. The number of anilines is 1. The molecule has 2 aromatic rings. The van der Waals surface area contributed by atoms with Crippen LogP contribution in [0.15, 0.2) is 33.7 Å². The van der Waals surface area contributed by atoms with Gasteiger partial charge in [0.1, 0.15) is 22.6 Å². The van der Waals surface area contributed by atoms with Crippen molar-refractivity contribution in [2.75, 3.05) is 12.4 Å². The first-order valence-electron chi connectivity index (χ1n) is 14.3. The van der Waals surface area contributed by atoms with Gasteiger partial charge < -0.3 is 25.8 Å². The van der Waals surface area contributed by atoms with E-state index in [1.807, 2.05) is 0 Å². The third-order valence-electron chi connectivity index (χ3n) is 8.20. The van der Waals surface area contributed by atoms with E-state index in [9.17, 15) is 28.8 Å². The van der Waals surface area contributed by atoms with E-state index in [1.54, 1.807) is 0 Å². The number of aromatic nitrogens is 1. The minimum atomic E-state index is -1.26. The lowest BCUT2D eigenvalue weighted by Crippen LogP contribution is -2.50. The molecule has 14 heteroatoms. The fraction of sp³-hybridized carbons (Fsp3) is 0.517. The number of pyridine rings is 1. The summed E-state index contributed by atoms with van der Waals surface area (Å²) in [5, 5.41) is 10.5. The highest BCUT2D eigenvalue weighted by atomic mass is 79.9. The van der Waals surface area contributed by atoms with Crippen molar-refractivity contribution < 1.29 is 24.0 Å². The third kappa shape index (κ3) is 8.33. The number of halogens is 2. The smallest absolute Gasteiger partial charge is 0.287 e. The fourth-order valence-corrected chi connectivity index (χ4v) is 7.72. The lowest BCUT2D eigenvalue weighted by molar-refractivity contribution is -0.137. The summed E-state index contributed by atoms with van der Waals surface area (Å²) in [5.41, 5.74) is -0.693. The molecular weight excluding hydrogens is 662 g/mol. The third-order valence-corrected chi connectivity index (χ3v) is 10.7. The predicted octanol–water partition coefficient (Wildman–Crippen LogP) is 3.49. The van der Waals surface area contributed by atoms with E-state index in [1.165, 1.54) is 48.9 Å². The number of carbonyl (C=O) groups excluding carboxylic acids is 5. The van der Waals surface area contributed by atoms with Crippen LogP contribution in [0.5, 0.6) is 0 Å². The molecule has 11 nitrogen and oxygen atoms in total. The van der Waals surface area contributed by atoms with E-state index in [0.29, 0.717) is 20.6 Å². The molecule has 0 aliphatic heterocycles. The number of ketones is 1. The first-order valence-corrected chi connectivity index (χ1v) is 16.3. The first-order chi connectivity index (χ1) is 20.5. The highest BCUT2D eigenvalue weighted by Crippen LogP contribution is 2.42. The number of nitrogens with zero attached hydrogens (tertiary/aromatic N) is 1. The Kier molecular flexibility index (Phi) is 11.2. The van der Waals surface area contributed by atoms with Crippen LogP contribution in [0, 0.1) is 17.8 Å². The highest BCUT2D eigenvalue weighted by molar-refractivity contribution is 9.10. The van der Waals surface area contributed by atoms with Gasteiger partial charge in [0.25, 0.3) is 17.4 Å². The number of fused-ring (bicyclic) bond motifs is 2. The summed E-state index contributed by atoms with van der Waals surface area (Å²) in [6, 6.07) is 3.24. The van der Waals surface area contributed by atoms with Crippen molar-refractivity contribution in [2.24, 2.45) is 17.8 Å². The molecule has 0 saturated heterocycles. The molecule has 0 radical (unpaired) electrons. The summed E-state index contributed by atoms with van der Waals surface area (Å²) in [4.78, 5) is 76.4. The van der Waals surface area contributed by atoms with Gasteiger partial charge in [0, 0.05) is 30.2 Å². The number of likely N-dealkylation sites (N-methyl/N-ethyl adjacent to an activating group) is 1. The molecule has 0 aromatic carbocycles. The van der Waals surface area contributed by atoms with Gasteiger partial charge in [0.05, 0.1) is 4.88 Å². The minimum Gasteiger partial charge on any atom is -0.353 e. The molecule has 4 amide bonds. The zero-order valence-corrected chi connectivity index (χ0v) is 27.1.